The van der Waals surface area contributed by atoms with E-state index in [1.165, 1.54) is 6.42 Å². The maximum absolute atomic E-state index is 11.6. The third kappa shape index (κ3) is 1.85. The van der Waals surface area contributed by atoms with E-state index in [-0.39, 0.29) is 6.04 Å². The van der Waals surface area contributed by atoms with Gasteiger partial charge in [0.2, 0.25) is 5.91 Å². The average Bonchev–Trinajstić information content (AvgIpc) is 2.81. The van der Waals surface area contributed by atoms with Crippen LogP contribution in [0.2, 0.25) is 0 Å². The lowest BCUT2D eigenvalue weighted by atomic mass is 9.95. The fraction of sp³-hybridized carbons (Fsp3) is 0.900. The van der Waals surface area contributed by atoms with Crippen LogP contribution in [0.5, 0.6) is 0 Å². The predicted molar refractivity (Wildman–Crippen MR) is 51.3 cm³/mol. The second-order valence-corrected chi connectivity index (χ2v) is 4.54. The third-order valence-corrected chi connectivity index (χ3v) is 3.19. The zero-order valence-corrected chi connectivity index (χ0v) is 8.42. The van der Waals surface area contributed by atoms with Gasteiger partial charge in [0.1, 0.15) is 0 Å². The van der Waals surface area contributed by atoms with E-state index < -0.39 is 0 Å². The van der Waals surface area contributed by atoms with E-state index in [1.807, 2.05) is 4.90 Å². The highest BCUT2D eigenvalue weighted by atomic mass is 16.2. The smallest absolute Gasteiger partial charge is 0.241 e. The Morgan fingerprint density at radius 1 is 1.54 bits per heavy atom. The molecule has 3 heteroatoms. The number of hydrogen-bond acceptors (Lipinski definition) is 2. The summed E-state index contributed by atoms with van der Waals surface area (Å²) < 4.78 is 0. The Kier molecular flexibility index (Phi) is 2.28. The molecule has 0 saturated carbocycles. The van der Waals surface area contributed by atoms with Gasteiger partial charge >= 0.3 is 0 Å². The highest BCUT2D eigenvalue weighted by molar-refractivity contribution is 5.84. The number of amides is 1. The first-order chi connectivity index (χ1) is 6.18. The lowest BCUT2D eigenvalue weighted by molar-refractivity contribution is -0.129. The van der Waals surface area contributed by atoms with Gasteiger partial charge in [-0.05, 0) is 18.3 Å². The Balaban J connectivity index is 1.86. The molecule has 2 unspecified atom stereocenters. The summed E-state index contributed by atoms with van der Waals surface area (Å²) in [5.74, 6) is 1.76. The summed E-state index contributed by atoms with van der Waals surface area (Å²) in [4.78, 5) is 13.7. The first-order valence-electron chi connectivity index (χ1n) is 5.20. The van der Waals surface area contributed by atoms with Crippen LogP contribution in [-0.2, 0) is 4.79 Å². The van der Waals surface area contributed by atoms with Crippen molar-refractivity contribution in [1.29, 1.82) is 0 Å². The fourth-order valence-electron chi connectivity index (χ4n) is 1.99. The number of nitrogens with one attached hydrogen (secondary N) is 1. The number of carbonyl (C=O) groups is 1. The van der Waals surface area contributed by atoms with Crippen LogP contribution in [0.4, 0.5) is 0 Å². The molecule has 1 N–H and O–H groups in total. The maximum Gasteiger partial charge on any atom is 0.241 e. The molecule has 0 bridgehead atoms. The van der Waals surface area contributed by atoms with Crippen LogP contribution in [0.25, 0.3) is 0 Å². The summed E-state index contributed by atoms with van der Waals surface area (Å²) in [5.41, 5.74) is 0. The summed E-state index contributed by atoms with van der Waals surface area (Å²) in [6, 6.07) is 0.158. The van der Waals surface area contributed by atoms with Crippen LogP contribution in [-0.4, -0.2) is 36.5 Å². The van der Waals surface area contributed by atoms with Crippen molar-refractivity contribution in [2.24, 2.45) is 11.8 Å². The third-order valence-electron chi connectivity index (χ3n) is 3.19. The number of nitrogens with zero attached hydrogens (tertiary/aromatic N) is 1. The number of hydrogen-bond donors (Lipinski definition) is 1. The summed E-state index contributed by atoms with van der Waals surface area (Å²) in [6.45, 7) is 7.33. The molecule has 2 aliphatic rings. The molecule has 2 fully saturated rings. The molecule has 0 spiro atoms. The molecule has 0 radical (unpaired) electrons. The zero-order valence-electron chi connectivity index (χ0n) is 8.42. The Hall–Kier alpha value is -0.570. The van der Waals surface area contributed by atoms with Crippen molar-refractivity contribution in [1.82, 2.24) is 10.2 Å². The Bertz CT molecular complexity index is 211. The first-order valence-corrected chi connectivity index (χ1v) is 5.20. The van der Waals surface area contributed by atoms with Crippen LogP contribution in [0.3, 0.4) is 0 Å². The van der Waals surface area contributed by atoms with Gasteiger partial charge in [-0.3, -0.25) is 4.79 Å². The number of likely N-dealkylation sites (tertiary alicyclic amines) is 1. The van der Waals surface area contributed by atoms with Crippen molar-refractivity contribution in [2.45, 2.75) is 26.3 Å². The molecule has 3 nitrogen and oxygen atoms in total. The number of carbonyl (C=O) groups excluding carboxylic acids is 1. The van der Waals surface area contributed by atoms with Gasteiger partial charge in [0.05, 0.1) is 6.04 Å². The molecule has 0 aromatic heterocycles. The molecule has 13 heavy (non-hydrogen) atoms. The van der Waals surface area contributed by atoms with Gasteiger partial charge in [0.25, 0.3) is 0 Å². The van der Waals surface area contributed by atoms with E-state index in [9.17, 15) is 4.79 Å². The van der Waals surface area contributed by atoms with Crippen molar-refractivity contribution in [2.75, 3.05) is 19.6 Å². The Morgan fingerprint density at radius 2 is 2.23 bits per heavy atom. The molecule has 2 rings (SSSR count). The summed E-state index contributed by atoms with van der Waals surface area (Å²) in [6.07, 6.45) is 1.19. The molecule has 0 aromatic carbocycles. The van der Waals surface area contributed by atoms with E-state index in [1.54, 1.807) is 0 Å². The van der Waals surface area contributed by atoms with Crippen LogP contribution < -0.4 is 5.32 Å². The fourth-order valence-corrected chi connectivity index (χ4v) is 1.99. The van der Waals surface area contributed by atoms with Crippen LogP contribution in [0.15, 0.2) is 0 Å². The zero-order chi connectivity index (χ0) is 9.42. The molecular weight excluding hydrogens is 164 g/mol. The largest absolute Gasteiger partial charge is 0.341 e. The first kappa shape index (κ1) is 9.00. The van der Waals surface area contributed by atoms with Gasteiger partial charge in [0, 0.05) is 19.6 Å². The monoisotopic (exact) mass is 182 g/mol. The van der Waals surface area contributed by atoms with Crippen LogP contribution in [0.1, 0.15) is 20.3 Å². The van der Waals surface area contributed by atoms with Crippen molar-refractivity contribution < 1.29 is 4.79 Å². The van der Waals surface area contributed by atoms with E-state index >= 15 is 0 Å². The van der Waals surface area contributed by atoms with Gasteiger partial charge in [-0.1, -0.05) is 13.8 Å². The van der Waals surface area contributed by atoms with Gasteiger partial charge in [0.15, 0.2) is 0 Å². The standard InChI is InChI=1S/C10H18N2O/c1-7(2)8-3-4-12(6-8)10(13)9-5-11-9/h7-9,11H,3-6H2,1-2H3. The lowest BCUT2D eigenvalue weighted by Crippen LogP contribution is -2.33. The van der Waals surface area contributed by atoms with Crippen LogP contribution in [0, 0.1) is 11.8 Å². The molecule has 0 aromatic rings. The predicted octanol–water partition coefficient (Wildman–Crippen LogP) is 0.463. The lowest BCUT2D eigenvalue weighted by Gasteiger charge is -2.17. The van der Waals surface area contributed by atoms with Crippen LogP contribution >= 0.6 is 0 Å². The van der Waals surface area contributed by atoms with Gasteiger partial charge in [-0.2, -0.15) is 0 Å². The minimum atomic E-state index is 0.158. The molecule has 0 aliphatic carbocycles. The SMILES string of the molecule is CC(C)C1CCN(C(=O)C2CN2)C1. The summed E-state index contributed by atoms with van der Waals surface area (Å²) in [7, 11) is 0. The van der Waals surface area contributed by atoms with E-state index in [4.69, 9.17) is 0 Å². The average molecular weight is 182 g/mol. The van der Waals surface area contributed by atoms with E-state index in [0.717, 1.165) is 25.6 Å². The van der Waals surface area contributed by atoms with E-state index in [0.29, 0.717) is 11.8 Å². The highest BCUT2D eigenvalue weighted by Crippen LogP contribution is 2.24. The van der Waals surface area contributed by atoms with Crippen molar-refractivity contribution in [3.05, 3.63) is 0 Å². The molecular formula is C10H18N2O. The highest BCUT2D eigenvalue weighted by Gasteiger charge is 2.36. The normalized spacial score (nSPS) is 32.7. The summed E-state index contributed by atoms with van der Waals surface area (Å²) >= 11 is 0. The van der Waals surface area contributed by atoms with Gasteiger partial charge in [-0.15, -0.1) is 0 Å². The minimum Gasteiger partial charge on any atom is -0.341 e. The molecule has 74 valence electrons. The second-order valence-electron chi connectivity index (χ2n) is 4.54. The van der Waals surface area contributed by atoms with Gasteiger partial charge < -0.3 is 10.2 Å². The molecule has 2 saturated heterocycles. The summed E-state index contributed by atoms with van der Waals surface area (Å²) in [5, 5.41) is 3.06. The Labute approximate surface area is 79.5 Å². The topological polar surface area (TPSA) is 42.2 Å². The second kappa shape index (κ2) is 3.29. The van der Waals surface area contributed by atoms with Crippen molar-refractivity contribution in [3.8, 4) is 0 Å². The van der Waals surface area contributed by atoms with Crippen molar-refractivity contribution in [3.63, 3.8) is 0 Å². The van der Waals surface area contributed by atoms with E-state index in [2.05, 4.69) is 19.2 Å². The minimum absolute atomic E-state index is 0.158. The quantitative estimate of drug-likeness (QED) is 0.630. The number of rotatable bonds is 2. The molecule has 1 amide bonds. The molecule has 2 heterocycles. The molecule has 2 aliphatic heterocycles. The maximum atomic E-state index is 11.6. The Morgan fingerprint density at radius 3 is 2.69 bits per heavy atom. The molecule has 2 atom stereocenters. The van der Waals surface area contributed by atoms with Gasteiger partial charge in [-0.25, -0.2) is 0 Å². The van der Waals surface area contributed by atoms with Crippen molar-refractivity contribution >= 4 is 5.91 Å².